The molecule has 1 fully saturated rings. The Morgan fingerprint density at radius 3 is 3.17 bits per heavy atom. The fourth-order valence-corrected chi connectivity index (χ4v) is 3.42. The van der Waals surface area contributed by atoms with Gasteiger partial charge < -0.3 is 19.2 Å². The van der Waals surface area contributed by atoms with E-state index in [4.69, 9.17) is 4.18 Å². The summed E-state index contributed by atoms with van der Waals surface area (Å²) in [6, 6.07) is 1.55. The maximum atomic E-state index is 11.1. The van der Waals surface area contributed by atoms with Crippen molar-refractivity contribution >= 4 is 29.2 Å². The normalized spacial score (nSPS) is 18.2. The van der Waals surface area contributed by atoms with E-state index in [-0.39, 0.29) is 11.9 Å². The molecular weight excluding hydrogens is 336 g/mol. The molecule has 1 atom stereocenters. The van der Waals surface area contributed by atoms with Gasteiger partial charge in [-0.15, -0.1) is 10.2 Å². The Labute approximate surface area is 139 Å². The molecule has 0 radical (unpaired) electrons. The first-order chi connectivity index (χ1) is 11.7. The molecule has 1 saturated heterocycles. The third kappa shape index (κ3) is 2.27. The number of imidazole rings is 1. The van der Waals surface area contributed by atoms with Crippen molar-refractivity contribution in [3.05, 3.63) is 40.7 Å². The maximum Gasteiger partial charge on any atom is 0.342 e. The summed E-state index contributed by atoms with van der Waals surface area (Å²) in [4.78, 5) is 16.9. The lowest BCUT2D eigenvalue weighted by molar-refractivity contribution is -0.391. The van der Waals surface area contributed by atoms with Crippen molar-refractivity contribution < 1.29 is 9.11 Å². The maximum absolute atomic E-state index is 11.1. The first kappa shape index (κ1) is 14.8. The van der Waals surface area contributed by atoms with Crippen LogP contribution < -0.4 is 4.90 Å². The molecule has 3 aromatic heterocycles. The van der Waals surface area contributed by atoms with Crippen molar-refractivity contribution in [3.8, 4) is 0 Å². The van der Waals surface area contributed by atoms with E-state index in [0.717, 1.165) is 5.69 Å². The summed E-state index contributed by atoms with van der Waals surface area (Å²) in [5.41, 5.74) is 1.42. The molecule has 0 aromatic carbocycles. The van der Waals surface area contributed by atoms with Gasteiger partial charge >= 0.3 is 5.82 Å². The second-order valence-electron chi connectivity index (χ2n) is 5.12. The fourth-order valence-electron chi connectivity index (χ4n) is 2.69. The molecule has 0 N–H and O–H groups in total. The number of anilines is 1. The second kappa shape index (κ2) is 5.72. The topological polar surface area (TPSA) is 117 Å². The van der Waals surface area contributed by atoms with Crippen LogP contribution >= 0.6 is 12.0 Å². The van der Waals surface area contributed by atoms with Crippen LogP contribution in [0.3, 0.4) is 0 Å². The number of nitro groups is 1. The minimum atomic E-state index is -0.456. The van der Waals surface area contributed by atoms with Crippen LogP contribution in [0.4, 0.5) is 11.5 Å². The van der Waals surface area contributed by atoms with Crippen molar-refractivity contribution in [3.63, 3.8) is 0 Å². The summed E-state index contributed by atoms with van der Waals surface area (Å²) in [7, 11) is 1.62. The Kier molecular flexibility index (Phi) is 3.54. The summed E-state index contributed by atoms with van der Waals surface area (Å²) in [5, 5.41) is 23.2. The van der Waals surface area contributed by atoms with Gasteiger partial charge in [0.2, 0.25) is 11.5 Å². The van der Waals surface area contributed by atoms with Crippen LogP contribution in [0.5, 0.6) is 0 Å². The van der Waals surface area contributed by atoms with E-state index >= 15 is 0 Å². The largest absolute Gasteiger partial charge is 0.358 e. The van der Waals surface area contributed by atoms with Gasteiger partial charge in [0.05, 0.1) is 31.4 Å². The Bertz CT molecular complexity index is 909. The van der Waals surface area contributed by atoms with Crippen molar-refractivity contribution in [1.29, 1.82) is 0 Å². The van der Waals surface area contributed by atoms with Crippen molar-refractivity contribution in [2.75, 3.05) is 17.4 Å². The van der Waals surface area contributed by atoms with E-state index in [2.05, 4.69) is 20.3 Å². The Morgan fingerprint density at radius 2 is 2.38 bits per heavy atom. The summed E-state index contributed by atoms with van der Waals surface area (Å²) in [6.07, 6.45) is 4.44. The van der Waals surface area contributed by atoms with Gasteiger partial charge in [-0.25, -0.2) is 9.55 Å². The smallest absolute Gasteiger partial charge is 0.342 e. The number of aromatic nitrogens is 6. The van der Waals surface area contributed by atoms with Gasteiger partial charge in [0.1, 0.15) is 18.6 Å². The number of fused-ring (bicyclic) bond motifs is 1. The zero-order chi connectivity index (χ0) is 16.7. The highest BCUT2D eigenvalue weighted by molar-refractivity contribution is 7.94. The van der Waals surface area contributed by atoms with E-state index < -0.39 is 4.92 Å². The summed E-state index contributed by atoms with van der Waals surface area (Å²) < 4.78 is 8.55. The van der Waals surface area contributed by atoms with Crippen LogP contribution in [0.15, 0.2) is 24.8 Å². The molecule has 124 valence electrons. The molecule has 0 bridgehead atoms. The highest BCUT2D eigenvalue weighted by Gasteiger charge is 2.34. The standard InChI is InChI=1S/C12H12N8O3S/c1-17-10(20(21)22)4-13-11(17)9-5-23-24-7-18(9)8-2-3-15-19-6-14-16-12(8)19/h2-4,6,9H,5,7H2,1H3. The average Bonchev–Trinajstić information content (AvgIpc) is 3.21. The Morgan fingerprint density at radius 1 is 1.50 bits per heavy atom. The summed E-state index contributed by atoms with van der Waals surface area (Å²) in [5.74, 6) is 1.01. The lowest BCUT2D eigenvalue weighted by atomic mass is 10.2. The molecule has 1 aliphatic heterocycles. The molecule has 1 aliphatic rings. The van der Waals surface area contributed by atoms with Gasteiger partial charge in [0, 0.05) is 12.0 Å². The minimum Gasteiger partial charge on any atom is -0.358 e. The van der Waals surface area contributed by atoms with E-state index in [1.54, 1.807) is 17.8 Å². The highest BCUT2D eigenvalue weighted by Crippen LogP contribution is 2.35. The van der Waals surface area contributed by atoms with Crippen molar-refractivity contribution in [2.24, 2.45) is 7.05 Å². The molecule has 4 heterocycles. The molecule has 0 amide bonds. The molecule has 0 spiro atoms. The van der Waals surface area contributed by atoms with Crippen LogP contribution in [0.1, 0.15) is 11.9 Å². The van der Waals surface area contributed by atoms with Crippen LogP contribution in [0.2, 0.25) is 0 Å². The number of hydrogen-bond acceptors (Lipinski definition) is 9. The van der Waals surface area contributed by atoms with E-state index in [1.165, 1.54) is 29.1 Å². The second-order valence-corrected chi connectivity index (χ2v) is 5.85. The molecule has 24 heavy (non-hydrogen) atoms. The molecular formula is C12H12N8O3S. The molecule has 11 nitrogen and oxygen atoms in total. The fraction of sp³-hybridized carbons (Fsp3) is 0.333. The van der Waals surface area contributed by atoms with Gasteiger partial charge in [-0.05, 0) is 11.0 Å². The lowest BCUT2D eigenvalue weighted by Gasteiger charge is -2.34. The van der Waals surface area contributed by atoms with E-state index in [1.807, 2.05) is 11.0 Å². The predicted octanol–water partition coefficient (Wildman–Crippen LogP) is 0.950. The Balaban J connectivity index is 1.79. The molecule has 0 aliphatic carbocycles. The van der Waals surface area contributed by atoms with Crippen molar-refractivity contribution in [1.82, 2.24) is 29.4 Å². The van der Waals surface area contributed by atoms with Gasteiger partial charge in [0.15, 0.2) is 0 Å². The number of nitrogens with zero attached hydrogens (tertiary/aromatic N) is 8. The SMILES string of the molecule is Cn1c([N+](=O)[O-])cnc1C1COSCN1c1ccnn2cnnc12. The molecule has 0 saturated carbocycles. The third-order valence-corrected chi connectivity index (χ3v) is 4.54. The van der Waals surface area contributed by atoms with Crippen LogP contribution in [-0.2, 0) is 11.2 Å². The monoisotopic (exact) mass is 348 g/mol. The van der Waals surface area contributed by atoms with Gasteiger partial charge in [0.25, 0.3) is 0 Å². The summed E-state index contributed by atoms with van der Waals surface area (Å²) in [6.45, 7) is 0.343. The van der Waals surface area contributed by atoms with Crippen LogP contribution in [-0.4, -0.2) is 46.8 Å². The first-order valence-corrected chi connectivity index (χ1v) is 7.90. The molecule has 3 aromatic rings. The summed E-state index contributed by atoms with van der Waals surface area (Å²) >= 11 is 1.30. The van der Waals surface area contributed by atoms with Crippen molar-refractivity contribution in [2.45, 2.75) is 6.04 Å². The first-order valence-electron chi connectivity index (χ1n) is 6.99. The Hall–Kier alpha value is -2.73. The average molecular weight is 348 g/mol. The molecule has 12 heteroatoms. The lowest BCUT2D eigenvalue weighted by Crippen LogP contribution is -2.36. The van der Waals surface area contributed by atoms with Gasteiger partial charge in [-0.2, -0.15) is 9.61 Å². The van der Waals surface area contributed by atoms with Gasteiger partial charge in [-0.3, -0.25) is 0 Å². The van der Waals surface area contributed by atoms with Crippen LogP contribution in [0.25, 0.3) is 5.65 Å². The number of hydrogen-bond donors (Lipinski definition) is 0. The number of rotatable bonds is 3. The van der Waals surface area contributed by atoms with Gasteiger partial charge in [-0.1, -0.05) is 0 Å². The predicted molar refractivity (Wildman–Crippen MR) is 84.3 cm³/mol. The van der Waals surface area contributed by atoms with E-state index in [0.29, 0.717) is 24.0 Å². The quantitative estimate of drug-likeness (QED) is 0.387. The van der Waals surface area contributed by atoms with Crippen LogP contribution in [0, 0.1) is 10.1 Å². The van der Waals surface area contributed by atoms with E-state index in [9.17, 15) is 10.1 Å². The zero-order valence-corrected chi connectivity index (χ0v) is 13.3. The molecule has 4 rings (SSSR count). The third-order valence-electron chi connectivity index (χ3n) is 3.85. The highest BCUT2D eigenvalue weighted by atomic mass is 32.2. The zero-order valence-electron chi connectivity index (χ0n) is 12.5. The molecule has 1 unspecified atom stereocenters. The minimum absolute atomic E-state index is 0.0643.